The molecule has 1 aromatic rings. The highest BCUT2D eigenvalue weighted by Crippen LogP contribution is 2.44. The van der Waals surface area contributed by atoms with E-state index in [-0.39, 0.29) is 5.92 Å². The second-order valence-electron chi connectivity index (χ2n) is 5.44. The summed E-state index contributed by atoms with van der Waals surface area (Å²) in [7, 11) is 0. The van der Waals surface area contributed by atoms with E-state index in [0.717, 1.165) is 12.8 Å². The van der Waals surface area contributed by atoms with Crippen molar-refractivity contribution in [2.24, 2.45) is 5.92 Å². The Morgan fingerprint density at radius 1 is 1.06 bits per heavy atom. The number of rotatable bonds is 3. The summed E-state index contributed by atoms with van der Waals surface area (Å²) < 4.78 is 0. The molecule has 1 N–H and O–H groups in total. The standard InChI is InChI=1S/C15H22O/c1-12(2)14(13-8-4-3-5-9-13)15(16)10-6-7-11-15/h3-5,8-9,12,14,16H,6-7,10-11H2,1-2H3. The molecule has 1 aromatic carbocycles. The van der Waals surface area contributed by atoms with Gasteiger partial charge in [0.25, 0.3) is 0 Å². The van der Waals surface area contributed by atoms with Crippen LogP contribution >= 0.6 is 0 Å². The lowest BCUT2D eigenvalue weighted by atomic mass is 9.74. The average molecular weight is 218 g/mol. The molecule has 1 aliphatic rings. The number of hydrogen-bond acceptors (Lipinski definition) is 1. The summed E-state index contributed by atoms with van der Waals surface area (Å²) in [5.41, 5.74) is 0.831. The molecule has 0 saturated heterocycles. The zero-order valence-electron chi connectivity index (χ0n) is 10.3. The second kappa shape index (κ2) is 4.58. The number of hydrogen-bond donors (Lipinski definition) is 1. The van der Waals surface area contributed by atoms with Gasteiger partial charge in [0.2, 0.25) is 0 Å². The van der Waals surface area contributed by atoms with Crippen molar-refractivity contribution in [3.05, 3.63) is 35.9 Å². The molecule has 1 unspecified atom stereocenters. The first kappa shape index (κ1) is 11.7. The van der Waals surface area contributed by atoms with Crippen LogP contribution in [0.2, 0.25) is 0 Å². The van der Waals surface area contributed by atoms with Gasteiger partial charge in [-0.2, -0.15) is 0 Å². The SMILES string of the molecule is CC(C)C(c1ccccc1)C1(O)CCCC1. The Balaban J connectivity index is 2.31. The van der Waals surface area contributed by atoms with Crippen LogP contribution in [-0.2, 0) is 0 Å². The molecule has 1 nitrogen and oxygen atoms in total. The molecule has 0 spiro atoms. The quantitative estimate of drug-likeness (QED) is 0.819. The maximum atomic E-state index is 10.8. The van der Waals surface area contributed by atoms with Gasteiger partial charge < -0.3 is 5.11 Å². The molecular weight excluding hydrogens is 196 g/mol. The van der Waals surface area contributed by atoms with Crippen LogP contribution in [0, 0.1) is 5.92 Å². The van der Waals surface area contributed by atoms with Crippen LogP contribution in [0.5, 0.6) is 0 Å². The first-order valence-corrected chi connectivity index (χ1v) is 6.41. The van der Waals surface area contributed by atoms with Gasteiger partial charge in [-0.15, -0.1) is 0 Å². The minimum absolute atomic E-state index is 0.288. The molecular formula is C15H22O. The van der Waals surface area contributed by atoms with E-state index < -0.39 is 5.60 Å². The lowest BCUT2D eigenvalue weighted by Gasteiger charge is -2.36. The van der Waals surface area contributed by atoms with Gasteiger partial charge in [-0.05, 0) is 24.3 Å². The summed E-state index contributed by atoms with van der Waals surface area (Å²) in [5.74, 6) is 0.779. The van der Waals surface area contributed by atoms with Gasteiger partial charge in [-0.3, -0.25) is 0 Å². The summed E-state index contributed by atoms with van der Waals surface area (Å²) in [5, 5.41) is 10.8. The highest BCUT2D eigenvalue weighted by atomic mass is 16.3. The maximum Gasteiger partial charge on any atom is 0.0718 e. The molecule has 88 valence electrons. The third-order valence-corrected chi connectivity index (χ3v) is 3.87. The zero-order valence-corrected chi connectivity index (χ0v) is 10.3. The average Bonchev–Trinajstić information content (AvgIpc) is 2.67. The van der Waals surface area contributed by atoms with Crippen LogP contribution < -0.4 is 0 Å². The molecule has 0 amide bonds. The van der Waals surface area contributed by atoms with Crippen molar-refractivity contribution in [2.75, 3.05) is 0 Å². The van der Waals surface area contributed by atoms with Crippen LogP contribution in [-0.4, -0.2) is 10.7 Å². The zero-order chi connectivity index (χ0) is 11.6. The lowest BCUT2D eigenvalue weighted by molar-refractivity contribution is 0.00348. The van der Waals surface area contributed by atoms with Crippen molar-refractivity contribution >= 4 is 0 Å². The van der Waals surface area contributed by atoms with Gasteiger partial charge >= 0.3 is 0 Å². The summed E-state index contributed by atoms with van der Waals surface area (Å²) in [4.78, 5) is 0. The summed E-state index contributed by atoms with van der Waals surface area (Å²) in [6.07, 6.45) is 4.27. The highest BCUT2D eigenvalue weighted by Gasteiger charge is 2.41. The normalized spacial score (nSPS) is 21.2. The molecule has 0 radical (unpaired) electrons. The smallest absolute Gasteiger partial charge is 0.0718 e. The molecule has 16 heavy (non-hydrogen) atoms. The van der Waals surface area contributed by atoms with Crippen molar-refractivity contribution in [3.63, 3.8) is 0 Å². The van der Waals surface area contributed by atoms with Crippen LogP contribution in [0.1, 0.15) is 51.0 Å². The minimum atomic E-state index is -0.463. The Kier molecular flexibility index (Phi) is 3.34. The first-order valence-electron chi connectivity index (χ1n) is 6.41. The van der Waals surface area contributed by atoms with Crippen molar-refractivity contribution < 1.29 is 5.11 Å². The topological polar surface area (TPSA) is 20.2 Å². The van der Waals surface area contributed by atoms with E-state index >= 15 is 0 Å². The third-order valence-electron chi connectivity index (χ3n) is 3.87. The van der Waals surface area contributed by atoms with Crippen molar-refractivity contribution in [3.8, 4) is 0 Å². The Bertz CT molecular complexity index is 323. The molecule has 1 aliphatic carbocycles. The second-order valence-corrected chi connectivity index (χ2v) is 5.44. The minimum Gasteiger partial charge on any atom is -0.389 e. The third kappa shape index (κ3) is 2.15. The van der Waals surface area contributed by atoms with E-state index in [4.69, 9.17) is 0 Å². The fourth-order valence-electron chi connectivity index (χ4n) is 3.27. The first-order chi connectivity index (χ1) is 7.63. The van der Waals surface area contributed by atoms with Gasteiger partial charge in [0.05, 0.1) is 5.60 Å². The summed E-state index contributed by atoms with van der Waals surface area (Å²) >= 11 is 0. The van der Waals surface area contributed by atoms with E-state index in [9.17, 15) is 5.11 Å². The molecule has 0 heterocycles. The van der Waals surface area contributed by atoms with Crippen LogP contribution in [0.25, 0.3) is 0 Å². The predicted octanol–water partition coefficient (Wildman–Crippen LogP) is 3.73. The maximum absolute atomic E-state index is 10.8. The fraction of sp³-hybridized carbons (Fsp3) is 0.600. The van der Waals surface area contributed by atoms with Crippen LogP contribution in [0.3, 0.4) is 0 Å². The van der Waals surface area contributed by atoms with Crippen LogP contribution in [0.15, 0.2) is 30.3 Å². The van der Waals surface area contributed by atoms with Crippen molar-refractivity contribution in [1.82, 2.24) is 0 Å². The summed E-state index contributed by atoms with van der Waals surface area (Å²) in [6, 6.07) is 10.5. The van der Waals surface area contributed by atoms with Gasteiger partial charge in [-0.1, -0.05) is 57.0 Å². The molecule has 1 fully saturated rings. The number of benzene rings is 1. The molecule has 1 saturated carbocycles. The van der Waals surface area contributed by atoms with E-state index in [1.54, 1.807) is 0 Å². The summed E-state index contributed by atoms with van der Waals surface area (Å²) in [6.45, 7) is 4.43. The molecule has 0 aromatic heterocycles. The Labute approximate surface area is 98.5 Å². The number of aliphatic hydroxyl groups is 1. The van der Waals surface area contributed by atoms with Gasteiger partial charge in [0, 0.05) is 5.92 Å². The predicted molar refractivity (Wildman–Crippen MR) is 67.4 cm³/mol. The molecule has 2 rings (SSSR count). The monoisotopic (exact) mass is 218 g/mol. The molecule has 1 atom stereocenters. The molecule has 0 bridgehead atoms. The Morgan fingerprint density at radius 3 is 2.12 bits per heavy atom. The Morgan fingerprint density at radius 2 is 1.62 bits per heavy atom. The molecule has 1 heteroatoms. The van der Waals surface area contributed by atoms with Gasteiger partial charge in [0.1, 0.15) is 0 Å². The van der Waals surface area contributed by atoms with Crippen molar-refractivity contribution in [1.29, 1.82) is 0 Å². The largest absolute Gasteiger partial charge is 0.389 e. The van der Waals surface area contributed by atoms with E-state index in [2.05, 4.69) is 38.1 Å². The molecule has 0 aliphatic heterocycles. The van der Waals surface area contributed by atoms with Gasteiger partial charge in [0.15, 0.2) is 0 Å². The van der Waals surface area contributed by atoms with Crippen LogP contribution in [0.4, 0.5) is 0 Å². The van der Waals surface area contributed by atoms with Gasteiger partial charge in [-0.25, -0.2) is 0 Å². The lowest BCUT2D eigenvalue weighted by Crippen LogP contribution is -2.36. The van der Waals surface area contributed by atoms with E-state index in [1.807, 2.05) is 6.07 Å². The van der Waals surface area contributed by atoms with E-state index in [1.165, 1.54) is 18.4 Å². The highest BCUT2D eigenvalue weighted by molar-refractivity contribution is 5.24. The van der Waals surface area contributed by atoms with Crippen molar-refractivity contribution in [2.45, 2.75) is 51.0 Å². The fourth-order valence-corrected chi connectivity index (χ4v) is 3.27. The van der Waals surface area contributed by atoms with E-state index in [0.29, 0.717) is 5.92 Å². The Hall–Kier alpha value is -0.820.